The van der Waals surface area contributed by atoms with E-state index in [9.17, 15) is 12.9 Å². The van der Waals surface area contributed by atoms with Gasteiger partial charge in [-0.05, 0) is 32.3 Å². The van der Waals surface area contributed by atoms with E-state index in [0.717, 1.165) is 32.1 Å². The molecule has 1 nitrogen and oxygen atoms in total. The third-order valence-corrected chi connectivity index (χ3v) is 2.81. The number of hydrogen-bond donors (Lipinski definition) is 0. The first kappa shape index (κ1) is 11.9. The van der Waals surface area contributed by atoms with E-state index < -0.39 is 13.4 Å². The predicted molar refractivity (Wildman–Crippen MR) is 53.2 cm³/mol. The lowest BCUT2D eigenvalue weighted by atomic mass is 9.87. The molecule has 1 saturated heterocycles. The zero-order valence-electron chi connectivity index (χ0n) is 8.69. The quantitative estimate of drug-likeness (QED) is 0.641. The lowest BCUT2D eigenvalue weighted by molar-refractivity contribution is 0.149. The molecule has 1 atom stereocenters. The van der Waals surface area contributed by atoms with Gasteiger partial charge < -0.3 is 17.8 Å². The third kappa shape index (κ3) is 3.90. The smallest absolute Gasteiger partial charge is 0.448 e. The van der Waals surface area contributed by atoms with Gasteiger partial charge in [0.2, 0.25) is 0 Å². The Morgan fingerprint density at radius 2 is 2.00 bits per heavy atom. The molecule has 14 heavy (non-hydrogen) atoms. The number of likely N-dealkylation sites (tertiary alicyclic amines) is 1. The molecule has 0 aliphatic carbocycles. The van der Waals surface area contributed by atoms with E-state index in [1.165, 1.54) is 0 Å². The number of hydrogen-bond acceptors (Lipinski definition) is 1. The fourth-order valence-corrected chi connectivity index (χ4v) is 2.23. The molecule has 1 unspecified atom stereocenters. The van der Waals surface area contributed by atoms with Crippen molar-refractivity contribution >= 4 is 6.98 Å². The molecule has 0 aromatic heterocycles. The Labute approximate surface area is 83.7 Å². The summed E-state index contributed by atoms with van der Waals surface area (Å²) in [4.78, 5) is 1.63. The molecule has 1 aliphatic heterocycles. The van der Waals surface area contributed by atoms with E-state index in [2.05, 4.69) is 0 Å². The van der Waals surface area contributed by atoms with Crippen LogP contribution in [0.1, 0.15) is 39.0 Å². The Kier molecular flexibility index (Phi) is 4.29. The molecule has 0 radical (unpaired) electrons. The summed E-state index contributed by atoms with van der Waals surface area (Å²) in [7, 11) is 0. The molecule has 1 aliphatic rings. The minimum atomic E-state index is -4.65. The molecular weight excluding hydrogens is 190 g/mol. The molecule has 84 valence electrons. The van der Waals surface area contributed by atoms with Crippen LogP contribution in [0.15, 0.2) is 0 Å². The highest BCUT2D eigenvalue weighted by Gasteiger charge is 2.30. The molecule has 0 saturated carbocycles. The van der Waals surface area contributed by atoms with Gasteiger partial charge in [-0.1, -0.05) is 19.8 Å². The molecule has 1 rings (SSSR count). The molecule has 0 spiro atoms. The van der Waals surface area contributed by atoms with Gasteiger partial charge >= 0.3 is 6.98 Å². The van der Waals surface area contributed by atoms with Gasteiger partial charge in [-0.2, -0.15) is 0 Å². The van der Waals surface area contributed by atoms with Crippen LogP contribution in [0.25, 0.3) is 0 Å². The average Bonchev–Trinajstić information content (AvgIpc) is 2.06. The van der Waals surface area contributed by atoms with Crippen molar-refractivity contribution < 1.29 is 12.9 Å². The van der Waals surface area contributed by atoms with E-state index in [0.29, 0.717) is 6.54 Å². The first-order valence-electron chi connectivity index (χ1n) is 5.48. The van der Waals surface area contributed by atoms with Crippen molar-refractivity contribution in [2.24, 2.45) is 0 Å². The van der Waals surface area contributed by atoms with Crippen LogP contribution in [0.5, 0.6) is 0 Å². The van der Waals surface area contributed by atoms with Gasteiger partial charge in [-0.3, -0.25) is 0 Å². The maximum atomic E-state index is 12.3. The summed E-state index contributed by atoms with van der Waals surface area (Å²) in [6.45, 7) is -1.98. The highest BCUT2D eigenvalue weighted by Crippen LogP contribution is 2.23. The lowest BCUT2D eigenvalue weighted by Gasteiger charge is -2.38. The van der Waals surface area contributed by atoms with Crippen molar-refractivity contribution in [2.45, 2.75) is 45.1 Å². The second-order valence-electron chi connectivity index (χ2n) is 4.14. The first-order chi connectivity index (χ1) is 6.53. The Bertz CT molecular complexity index is 170. The molecule has 0 N–H and O–H groups in total. The van der Waals surface area contributed by atoms with E-state index in [1.807, 2.05) is 6.92 Å². The molecular formula is C9H18BF3N-. The monoisotopic (exact) mass is 208 g/mol. The van der Waals surface area contributed by atoms with Crippen molar-refractivity contribution in [3.63, 3.8) is 0 Å². The molecule has 0 bridgehead atoms. The maximum absolute atomic E-state index is 12.3. The summed E-state index contributed by atoms with van der Waals surface area (Å²) in [5, 5.41) is 0. The third-order valence-electron chi connectivity index (χ3n) is 2.81. The summed E-state index contributed by atoms with van der Waals surface area (Å²) in [5.74, 6) is 0. The molecule has 1 heterocycles. The van der Waals surface area contributed by atoms with Crippen LogP contribution < -0.4 is 0 Å². The van der Waals surface area contributed by atoms with Crippen LogP contribution in [0, 0.1) is 0 Å². The Morgan fingerprint density at radius 1 is 1.29 bits per heavy atom. The molecule has 0 amide bonds. The molecule has 1 fully saturated rings. The second-order valence-corrected chi connectivity index (χ2v) is 4.14. The zero-order valence-corrected chi connectivity index (χ0v) is 8.69. The minimum Gasteiger partial charge on any atom is -0.448 e. The van der Waals surface area contributed by atoms with Gasteiger partial charge in [0.05, 0.1) is 0 Å². The number of piperidine rings is 1. The second kappa shape index (κ2) is 5.05. The summed E-state index contributed by atoms with van der Waals surface area (Å²) < 4.78 is 36.8. The standard InChI is InChI=1S/C9H18BF3N/c1-2-5-9-6-3-4-7-14(9)8-10(11,12)13/h9H,2-8H2,1H3/q-1. The van der Waals surface area contributed by atoms with Crippen molar-refractivity contribution in [1.29, 1.82) is 0 Å². The summed E-state index contributed by atoms with van der Waals surface area (Å²) >= 11 is 0. The van der Waals surface area contributed by atoms with Crippen LogP contribution in [-0.4, -0.2) is 30.9 Å². The van der Waals surface area contributed by atoms with Crippen LogP contribution >= 0.6 is 0 Å². The fourth-order valence-electron chi connectivity index (χ4n) is 2.23. The van der Waals surface area contributed by atoms with Crippen LogP contribution in [0.4, 0.5) is 12.9 Å². The Morgan fingerprint density at radius 3 is 2.57 bits per heavy atom. The summed E-state index contributed by atoms with van der Waals surface area (Å²) in [6.07, 6.45) is 4.18. The minimum absolute atomic E-state index is 0.178. The number of halogens is 3. The largest absolute Gasteiger partial charge is 0.492 e. The van der Waals surface area contributed by atoms with Crippen molar-refractivity contribution in [3.05, 3.63) is 0 Å². The summed E-state index contributed by atoms with van der Waals surface area (Å²) in [5.41, 5.74) is 0. The molecule has 0 aromatic carbocycles. The van der Waals surface area contributed by atoms with Crippen molar-refractivity contribution in [1.82, 2.24) is 4.90 Å². The molecule has 0 aromatic rings. The van der Waals surface area contributed by atoms with Gasteiger partial charge in [0.1, 0.15) is 0 Å². The first-order valence-corrected chi connectivity index (χ1v) is 5.48. The normalized spacial score (nSPS) is 25.3. The fraction of sp³-hybridized carbons (Fsp3) is 1.00. The highest BCUT2D eigenvalue weighted by atomic mass is 19.4. The summed E-state index contributed by atoms with van der Waals surface area (Å²) in [6, 6.07) is 0.178. The van der Waals surface area contributed by atoms with Crippen molar-refractivity contribution in [3.8, 4) is 0 Å². The van der Waals surface area contributed by atoms with Gasteiger partial charge in [-0.15, -0.1) is 0 Å². The van der Waals surface area contributed by atoms with E-state index in [4.69, 9.17) is 0 Å². The van der Waals surface area contributed by atoms with Crippen LogP contribution in [0.3, 0.4) is 0 Å². The van der Waals surface area contributed by atoms with Gasteiger partial charge in [0, 0.05) is 6.04 Å². The number of nitrogens with zero attached hydrogens (tertiary/aromatic N) is 1. The number of rotatable bonds is 4. The Balaban J connectivity index is 2.45. The van der Waals surface area contributed by atoms with Gasteiger partial charge in [-0.25, -0.2) is 0 Å². The van der Waals surface area contributed by atoms with Crippen LogP contribution in [0.2, 0.25) is 0 Å². The van der Waals surface area contributed by atoms with Crippen molar-refractivity contribution in [2.75, 3.05) is 13.0 Å². The zero-order chi connectivity index (χ0) is 10.6. The van der Waals surface area contributed by atoms with Gasteiger partial charge in [0.25, 0.3) is 0 Å². The van der Waals surface area contributed by atoms with Crippen LogP contribution in [-0.2, 0) is 0 Å². The van der Waals surface area contributed by atoms with E-state index in [1.54, 1.807) is 4.90 Å². The maximum Gasteiger partial charge on any atom is 0.492 e. The van der Waals surface area contributed by atoms with Gasteiger partial charge in [0.15, 0.2) is 0 Å². The topological polar surface area (TPSA) is 3.24 Å². The van der Waals surface area contributed by atoms with E-state index in [-0.39, 0.29) is 6.04 Å². The Hall–Kier alpha value is -0.185. The average molecular weight is 208 g/mol. The molecule has 5 heteroatoms. The SMILES string of the molecule is CCCC1CCCCN1C[B-](F)(F)F. The highest BCUT2D eigenvalue weighted by molar-refractivity contribution is 6.58. The van der Waals surface area contributed by atoms with E-state index >= 15 is 0 Å². The lowest BCUT2D eigenvalue weighted by Crippen LogP contribution is -2.46. The predicted octanol–water partition coefficient (Wildman–Crippen LogP) is 3.03.